The fourth-order valence-electron chi connectivity index (χ4n) is 1.41. The third kappa shape index (κ3) is 1.52. The molecule has 6 heteroatoms. The van der Waals surface area contributed by atoms with E-state index in [0.717, 1.165) is 0 Å². The standard InChI is InChI=1S/C7H11F4NO/c1-5(8,12)6(13,4-2-3-4)7(9,10)11/h4,13H,2-3,12H2,1H3. The van der Waals surface area contributed by atoms with Crippen molar-refractivity contribution in [1.82, 2.24) is 0 Å². The Kier molecular flexibility index (Phi) is 2.12. The van der Waals surface area contributed by atoms with Crippen LogP contribution in [-0.4, -0.2) is 22.7 Å². The molecule has 1 fully saturated rings. The maximum absolute atomic E-state index is 13.0. The predicted molar refractivity (Wildman–Crippen MR) is 37.4 cm³/mol. The number of alkyl halides is 4. The quantitative estimate of drug-likeness (QED) is 0.523. The topological polar surface area (TPSA) is 46.2 Å². The number of hydrogen-bond donors (Lipinski definition) is 2. The second kappa shape index (κ2) is 2.57. The van der Waals surface area contributed by atoms with Gasteiger partial charge in [-0.25, -0.2) is 4.39 Å². The molecule has 0 bridgehead atoms. The van der Waals surface area contributed by atoms with Crippen molar-refractivity contribution in [3.63, 3.8) is 0 Å². The normalized spacial score (nSPS) is 27.9. The number of aliphatic hydroxyl groups is 1. The highest BCUT2D eigenvalue weighted by atomic mass is 19.4. The molecule has 0 saturated heterocycles. The molecule has 0 aromatic rings. The lowest BCUT2D eigenvalue weighted by Gasteiger charge is -2.38. The Morgan fingerprint density at radius 3 is 1.69 bits per heavy atom. The van der Waals surface area contributed by atoms with E-state index in [0.29, 0.717) is 6.92 Å². The molecule has 1 saturated carbocycles. The molecular weight excluding hydrogens is 190 g/mol. The molecule has 13 heavy (non-hydrogen) atoms. The van der Waals surface area contributed by atoms with Crippen LogP contribution in [0.25, 0.3) is 0 Å². The van der Waals surface area contributed by atoms with Crippen LogP contribution in [0.1, 0.15) is 19.8 Å². The van der Waals surface area contributed by atoms with Gasteiger partial charge >= 0.3 is 6.18 Å². The number of halogens is 4. The first-order chi connectivity index (χ1) is 5.61. The second-order valence-corrected chi connectivity index (χ2v) is 3.61. The summed E-state index contributed by atoms with van der Waals surface area (Å²) < 4.78 is 50.0. The summed E-state index contributed by atoms with van der Waals surface area (Å²) in [7, 11) is 0. The Labute approximate surface area is 72.7 Å². The molecule has 3 N–H and O–H groups in total. The van der Waals surface area contributed by atoms with Gasteiger partial charge in [-0.05, 0) is 19.8 Å². The third-order valence-electron chi connectivity index (χ3n) is 2.35. The highest BCUT2D eigenvalue weighted by Gasteiger charge is 2.70. The first-order valence-electron chi connectivity index (χ1n) is 3.87. The first kappa shape index (κ1) is 10.7. The zero-order chi connectivity index (χ0) is 10.5. The summed E-state index contributed by atoms with van der Waals surface area (Å²) in [6, 6.07) is 0. The molecule has 0 radical (unpaired) electrons. The van der Waals surface area contributed by atoms with Crippen molar-refractivity contribution in [2.75, 3.05) is 0 Å². The number of hydrogen-bond acceptors (Lipinski definition) is 2. The van der Waals surface area contributed by atoms with Crippen LogP contribution in [0.15, 0.2) is 0 Å². The van der Waals surface area contributed by atoms with E-state index >= 15 is 0 Å². The van der Waals surface area contributed by atoms with Gasteiger partial charge in [0.15, 0.2) is 5.79 Å². The fourth-order valence-corrected chi connectivity index (χ4v) is 1.41. The molecule has 0 amide bonds. The molecule has 1 aliphatic carbocycles. The van der Waals surface area contributed by atoms with E-state index in [1.54, 1.807) is 0 Å². The van der Waals surface area contributed by atoms with Crippen LogP contribution in [-0.2, 0) is 0 Å². The summed E-state index contributed by atoms with van der Waals surface area (Å²) >= 11 is 0. The van der Waals surface area contributed by atoms with Gasteiger partial charge in [0.1, 0.15) is 0 Å². The van der Waals surface area contributed by atoms with Crippen molar-refractivity contribution >= 4 is 0 Å². The number of rotatable bonds is 2. The summed E-state index contributed by atoms with van der Waals surface area (Å²) in [6.07, 6.45) is -4.70. The van der Waals surface area contributed by atoms with Crippen molar-refractivity contribution in [3.8, 4) is 0 Å². The molecule has 0 aromatic heterocycles. The number of nitrogens with two attached hydrogens (primary N) is 1. The van der Waals surface area contributed by atoms with E-state index in [1.165, 1.54) is 0 Å². The van der Waals surface area contributed by atoms with Crippen molar-refractivity contribution in [2.24, 2.45) is 11.7 Å². The Bertz CT molecular complexity index is 190. The molecule has 2 nitrogen and oxygen atoms in total. The maximum atomic E-state index is 13.0. The third-order valence-corrected chi connectivity index (χ3v) is 2.35. The van der Waals surface area contributed by atoms with Gasteiger partial charge in [0.25, 0.3) is 0 Å². The van der Waals surface area contributed by atoms with E-state index in [1.807, 2.05) is 0 Å². The van der Waals surface area contributed by atoms with Gasteiger partial charge in [-0.15, -0.1) is 0 Å². The molecular formula is C7H11F4NO. The molecule has 2 unspecified atom stereocenters. The minimum absolute atomic E-state index is 0.159. The Morgan fingerprint density at radius 1 is 1.23 bits per heavy atom. The smallest absolute Gasteiger partial charge is 0.377 e. The van der Waals surface area contributed by atoms with Crippen molar-refractivity contribution in [2.45, 2.75) is 37.3 Å². The first-order valence-corrected chi connectivity index (χ1v) is 3.87. The summed E-state index contributed by atoms with van der Waals surface area (Å²) in [5.74, 6) is -4.25. The SMILES string of the molecule is CC(N)(F)C(O)(C1CC1)C(F)(F)F. The summed E-state index contributed by atoms with van der Waals surface area (Å²) in [5, 5.41) is 9.20. The van der Waals surface area contributed by atoms with E-state index in [9.17, 15) is 22.7 Å². The lowest BCUT2D eigenvalue weighted by Crippen LogP contribution is -2.65. The Balaban J connectivity index is 3.01. The van der Waals surface area contributed by atoms with Crippen molar-refractivity contribution in [3.05, 3.63) is 0 Å². The minimum atomic E-state index is -5.02. The van der Waals surface area contributed by atoms with Gasteiger partial charge in [-0.3, -0.25) is 5.73 Å². The molecule has 0 aromatic carbocycles. The van der Waals surface area contributed by atoms with E-state index in [2.05, 4.69) is 0 Å². The predicted octanol–water partition coefficient (Wildman–Crippen LogP) is 1.33. The van der Waals surface area contributed by atoms with Gasteiger partial charge in [-0.1, -0.05) is 0 Å². The molecule has 78 valence electrons. The van der Waals surface area contributed by atoms with Gasteiger partial charge in [0, 0.05) is 5.92 Å². The molecule has 1 rings (SSSR count). The van der Waals surface area contributed by atoms with Crippen LogP contribution in [0.2, 0.25) is 0 Å². The molecule has 0 heterocycles. The Hall–Kier alpha value is -0.360. The zero-order valence-electron chi connectivity index (χ0n) is 7.03. The van der Waals surface area contributed by atoms with Crippen molar-refractivity contribution < 1.29 is 22.7 Å². The van der Waals surface area contributed by atoms with Crippen LogP contribution < -0.4 is 5.73 Å². The lowest BCUT2D eigenvalue weighted by atomic mass is 9.87. The van der Waals surface area contributed by atoms with Crippen LogP contribution in [0.4, 0.5) is 17.6 Å². The summed E-state index contributed by atoms with van der Waals surface area (Å²) in [6.45, 7) is 0.540. The summed E-state index contributed by atoms with van der Waals surface area (Å²) in [5.41, 5.74) is 1.30. The highest BCUT2D eigenvalue weighted by molar-refractivity contribution is 5.08. The molecule has 1 aliphatic rings. The van der Waals surface area contributed by atoms with E-state index in [4.69, 9.17) is 5.73 Å². The van der Waals surface area contributed by atoms with Crippen LogP contribution >= 0.6 is 0 Å². The molecule has 2 atom stereocenters. The van der Waals surface area contributed by atoms with Gasteiger partial charge < -0.3 is 5.11 Å². The average molecular weight is 201 g/mol. The lowest BCUT2D eigenvalue weighted by molar-refractivity contribution is -0.309. The maximum Gasteiger partial charge on any atom is 0.422 e. The van der Waals surface area contributed by atoms with E-state index in [-0.39, 0.29) is 12.8 Å². The Morgan fingerprint density at radius 2 is 1.62 bits per heavy atom. The van der Waals surface area contributed by atoms with Gasteiger partial charge in [-0.2, -0.15) is 13.2 Å². The zero-order valence-corrected chi connectivity index (χ0v) is 7.03. The van der Waals surface area contributed by atoms with Crippen LogP contribution in [0.5, 0.6) is 0 Å². The van der Waals surface area contributed by atoms with Crippen LogP contribution in [0.3, 0.4) is 0 Å². The van der Waals surface area contributed by atoms with Crippen LogP contribution in [0, 0.1) is 5.92 Å². The highest BCUT2D eigenvalue weighted by Crippen LogP contribution is 2.52. The monoisotopic (exact) mass is 201 g/mol. The minimum Gasteiger partial charge on any atom is -0.377 e. The van der Waals surface area contributed by atoms with E-state index < -0.39 is 23.5 Å². The second-order valence-electron chi connectivity index (χ2n) is 3.61. The van der Waals surface area contributed by atoms with Crippen molar-refractivity contribution in [1.29, 1.82) is 0 Å². The molecule has 0 aliphatic heterocycles. The largest absolute Gasteiger partial charge is 0.422 e. The summed E-state index contributed by atoms with van der Waals surface area (Å²) in [4.78, 5) is 0. The average Bonchev–Trinajstić information content (AvgIpc) is 2.60. The van der Waals surface area contributed by atoms with Gasteiger partial charge in [0.2, 0.25) is 5.60 Å². The molecule has 0 spiro atoms. The van der Waals surface area contributed by atoms with Gasteiger partial charge in [0.05, 0.1) is 0 Å². The fraction of sp³-hybridized carbons (Fsp3) is 1.00.